The number of hydrogen-bond acceptors (Lipinski definition) is 5. The van der Waals surface area contributed by atoms with E-state index in [9.17, 15) is 14.4 Å². The first kappa shape index (κ1) is 25.7. The van der Waals surface area contributed by atoms with Crippen LogP contribution in [0.25, 0.3) is 6.08 Å². The molecule has 1 N–H and O–H groups in total. The maximum atomic E-state index is 13.1. The topological polar surface area (TPSA) is 84.9 Å². The smallest absolute Gasteiger partial charge is 0.340 e. The van der Waals surface area contributed by atoms with Gasteiger partial charge in [-0.15, -0.1) is 0 Å². The van der Waals surface area contributed by atoms with Gasteiger partial charge in [-0.2, -0.15) is 0 Å². The second-order valence-corrected chi connectivity index (χ2v) is 8.88. The van der Waals surface area contributed by atoms with Crippen molar-refractivity contribution in [1.29, 1.82) is 0 Å². The minimum Gasteiger partial charge on any atom is -0.484 e. The number of esters is 1. The molecule has 0 fully saturated rings. The van der Waals surface area contributed by atoms with E-state index in [1.54, 1.807) is 42.2 Å². The van der Waals surface area contributed by atoms with E-state index in [0.717, 1.165) is 11.1 Å². The zero-order valence-electron chi connectivity index (χ0n) is 20.8. The maximum absolute atomic E-state index is 13.1. The number of allylic oxidation sites excluding steroid dienone is 1. The standard InChI is InChI=1S/C28H32N2O5/c1-18(2)16-30-20(4)26(28(33)34-5)24(27(30)32)15-21-11-13-23(14-12-21)35-17-25(31)29-19(3)22-9-7-6-8-10-22/h6-15,18-19H,16-17H2,1-5H3,(H,29,31)/b24-15-/t19-/m0/s1. The lowest BCUT2D eigenvalue weighted by atomic mass is 10.0. The predicted octanol–water partition coefficient (Wildman–Crippen LogP) is 4.27. The molecule has 3 rings (SSSR count). The van der Waals surface area contributed by atoms with Crippen LogP contribution >= 0.6 is 0 Å². The normalized spacial score (nSPS) is 15.5. The van der Waals surface area contributed by atoms with Crippen LogP contribution in [0.15, 0.2) is 71.4 Å². The Bertz CT molecular complexity index is 1130. The van der Waals surface area contributed by atoms with E-state index < -0.39 is 5.97 Å². The van der Waals surface area contributed by atoms with Gasteiger partial charge >= 0.3 is 5.97 Å². The van der Waals surface area contributed by atoms with Crippen LogP contribution in [-0.2, 0) is 19.1 Å². The number of nitrogens with one attached hydrogen (secondary N) is 1. The molecule has 0 bridgehead atoms. The Morgan fingerprint density at radius 1 is 1.03 bits per heavy atom. The van der Waals surface area contributed by atoms with E-state index in [-0.39, 0.29) is 36.0 Å². The number of hydrogen-bond donors (Lipinski definition) is 1. The molecule has 184 valence electrons. The number of amides is 2. The Hall–Kier alpha value is -3.87. The van der Waals surface area contributed by atoms with Crippen LogP contribution in [0.4, 0.5) is 0 Å². The van der Waals surface area contributed by atoms with Crippen LogP contribution in [0.5, 0.6) is 5.75 Å². The molecule has 1 atom stereocenters. The third kappa shape index (κ3) is 6.38. The fraction of sp³-hybridized carbons (Fsp3) is 0.321. The lowest BCUT2D eigenvalue weighted by Gasteiger charge is -2.19. The van der Waals surface area contributed by atoms with Crippen LogP contribution < -0.4 is 10.1 Å². The molecule has 1 aliphatic rings. The summed E-state index contributed by atoms with van der Waals surface area (Å²) in [5.41, 5.74) is 2.92. The number of benzene rings is 2. The zero-order chi connectivity index (χ0) is 25.5. The average molecular weight is 477 g/mol. The van der Waals surface area contributed by atoms with Crippen molar-refractivity contribution >= 4 is 23.9 Å². The van der Waals surface area contributed by atoms with Crippen molar-refractivity contribution in [3.8, 4) is 5.75 Å². The molecule has 7 nitrogen and oxygen atoms in total. The second-order valence-electron chi connectivity index (χ2n) is 8.88. The minimum atomic E-state index is -0.538. The quantitative estimate of drug-likeness (QED) is 0.432. The number of rotatable bonds is 9. The summed E-state index contributed by atoms with van der Waals surface area (Å²) < 4.78 is 10.5. The summed E-state index contributed by atoms with van der Waals surface area (Å²) in [6.07, 6.45) is 1.68. The van der Waals surface area contributed by atoms with Gasteiger partial charge in [0.05, 0.1) is 24.3 Å². The molecule has 0 spiro atoms. The predicted molar refractivity (Wildman–Crippen MR) is 134 cm³/mol. The summed E-state index contributed by atoms with van der Waals surface area (Å²) in [4.78, 5) is 39.4. The van der Waals surface area contributed by atoms with Crippen LogP contribution in [0.2, 0.25) is 0 Å². The van der Waals surface area contributed by atoms with Crippen LogP contribution in [0.3, 0.4) is 0 Å². The third-order valence-corrected chi connectivity index (χ3v) is 5.69. The van der Waals surface area contributed by atoms with Crippen molar-refractivity contribution in [2.24, 2.45) is 5.92 Å². The Labute approximate surface area is 206 Å². The highest BCUT2D eigenvalue weighted by Gasteiger charge is 2.37. The van der Waals surface area contributed by atoms with E-state index in [1.165, 1.54) is 7.11 Å². The largest absolute Gasteiger partial charge is 0.484 e. The first-order valence-corrected chi connectivity index (χ1v) is 11.6. The average Bonchev–Trinajstić information content (AvgIpc) is 3.07. The van der Waals surface area contributed by atoms with Gasteiger partial charge in [0.15, 0.2) is 6.61 Å². The highest BCUT2D eigenvalue weighted by molar-refractivity contribution is 6.16. The van der Waals surface area contributed by atoms with Crippen molar-refractivity contribution in [3.63, 3.8) is 0 Å². The summed E-state index contributed by atoms with van der Waals surface area (Å²) >= 11 is 0. The van der Waals surface area contributed by atoms with E-state index in [4.69, 9.17) is 9.47 Å². The number of carbonyl (C=O) groups is 3. The number of carbonyl (C=O) groups excluding carboxylic acids is 3. The Balaban J connectivity index is 1.67. The monoisotopic (exact) mass is 476 g/mol. The first-order valence-electron chi connectivity index (χ1n) is 11.6. The summed E-state index contributed by atoms with van der Waals surface area (Å²) in [5, 5.41) is 2.91. The SMILES string of the molecule is COC(=O)C1=C(C)N(CC(C)C)C(=O)/C1=C\c1ccc(OCC(=O)N[C@@H](C)c2ccccc2)cc1. The van der Waals surface area contributed by atoms with Gasteiger partial charge < -0.3 is 19.7 Å². The minimum absolute atomic E-state index is 0.116. The molecule has 0 radical (unpaired) electrons. The van der Waals surface area contributed by atoms with Gasteiger partial charge in [-0.25, -0.2) is 4.79 Å². The van der Waals surface area contributed by atoms with Crippen molar-refractivity contribution < 1.29 is 23.9 Å². The second kappa shape index (κ2) is 11.5. The molecule has 35 heavy (non-hydrogen) atoms. The summed E-state index contributed by atoms with van der Waals surface area (Å²) in [6.45, 7) is 8.10. The number of methoxy groups -OCH3 is 1. The fourth-order valence-electron chi connectivity index (χ4n) is 3.90. The molecule has 1 aliphatic heterocycles. The third-order valence-electron chi connectivity index (χ3n) is 5.69. The van der Waals surface area contributed by atoms with Gasteiger partial charge in [-0.3, -0.25) is 9.59 Å². The summed E-state index contributed by atoms with van der Waals surface area (Å²) in [5.74, 6) is -0.215. The zero-order valence-corrected chi connectivity index (χ0v) is 20.8. The van der Waals surface area contributed by atoms with Crippen molar-refractivity contribution in [3.05, 3.63) is 82.6 Å². The molecule has 0 aromatic heterocycles. The van der Waals surface area contributed by atoms with E-state index in [0.29, 0.717) is 23.6 Å². The summed E-state index contributed by atoms with van der Waals surface area (Å²) in [6, 6.07) is 16.6. The van der Waals surface area contributed by atoms with Gasteiger partial charge in [0, 0.05) is 12.2 Å². The Morgan fingerprint density at radius 3 is 2.29 bits per heavy atom. The molecule has 0 unspecified atom stereocenters. The van der Waals surface area contributed by atoms with Gasteiger partial charge in [-0.1, -0.05) is 56.3 Å². The van der Waals surface area contributed by atoms with Gasteiger partial charge in [0.1, 0.15) is 5.75 Å². The highest BCUT2D eigenvalue weighted by atomic mass is 16.5. The first-order chi connectivity index (χ1) is 16.7. The van der Waals surface area contributed by atoms with Gasteiger partial charge in [-0.05, 0) is 49.1 Å². The molecular weight excluding hydrogens is 444 g/mol. The highest BCUT2D eigenvalue weighted by Crippen LogP contribution is 2.32. The van der Waals surface area contributed by atoms with Gasteiger partial charge in [0.25, 0.3) is 11.8 Å². The summed E-state index contributed by atoms with van der Waals surface area (Å²) in [7, 11) is 1.30. The molecule has 0 aliphatic carbocycles. The number of nitrogens with zero attached hydrogens (tertiary/aromatic N) is 1. The van der Waals surface area contributed by atoms with Crippen molar-refractivity contribution in [2.45, 2.75) is 33.7 Å². The van der Waals surface area contributed by atoms with Crippen LogP contribution in [0, 0.1) is 5.92 Å². The van der Waals surface area contributed by atoms with Crippen LogP contribution in [-0.4, -0.2) is 42.9 Å². The lowest BCUT2D eigenvalue weighted by molar-refractivity contribution is -0.136. The molecule has 7 heteroatoms. The van der Waals surface area contributed by atoms with Crippen LogP contribution in [0.1, 0.15) is 44.9 Å². The van der Waals surface area contributed by atoms with E-state index in [1.807, 2.05) is 51.1 Å². The molecule has 2 aromatic rings. The maximum Gasteiger partial charge on any atom is 0.340 e. The lowest BCUT2D eigenvalue weighted by Crippen LogP contribution is -2.31. The van der Waals surface area contributed by atoms with Gasteiger partial charge in [0.2, 0.25) is 0 Å². The van der Waals surface area contributed by atoms with Crippen molar-refractivity contribution in [1.82, 2.24) is 10.2 Å². The molecule has 2 aromatic carbocycles. The Morgan fingerprint density at radius 2 is 1.69 bits per heavy atom. The molecule has 0 saturated heterocycles. The van der Waals surface area contributed by atoms with E-state index >= 15 is 0 Å². The fourth-order valence-corrected chi connectivity index (χ4v) is 3.90. The molecule has 2 amide bonds. The molecule has 1 heterocycles. The number of ether oxygens (including phenoxy) is 2. The molecule has 0 saturated carbocycles. The van der Waals surface area contributed by atoms with Crippen molar-refractivity contribution in [2.75, 3.05) is 20.3 Å². The Kier molecular flexibility index (Phi) is 8.47. The van der Waals surface area contributed by atoms with E-state index in [2.05, 4.69) is 5.32 Å². The molecular formula is C28H32N2O5.